The highest BCUT2D eigenvalue weighted by Crippen LogP contribution is 2.14. The van der Waals surface area contributed by atoms with Crippen molar-refractivity contribution in [1.29, 1.82) is 0 Å². The number of aromatic amines is 1. The standard InChI is InChI=1S/C13H16BrN5OS/c1-2-3-4-11-17-13(19-18-11)21-8-12(20)16-10-6-5-9(14)7-15-10/h5-7H,2-4,8H2,1H3,(H,15,16,20)(H,17,18,19). The Morgan fingerprint density at radius 2 is 2.33 bits per heavy atom. The smallest absolute Gasteiger partial charge is 0.236 e. The molecule has 0 unspecified atom stereocenters. The lowest BCUT2D eigenvalue weighted by atomic mass is 10.2. The summed E-state index contributed by atoms with van der Waals surface area (Å²) in [5.74, 6) is 1.52. The van der Waals surface area contributed by atoms with Gasteiger partial charge in [-0.25, -0.2) is 9.97 Å². The van der Waals surface area contributed by atoms with Gasteiger partial charge in [-0.15, -0.1) is 5.10 Å². The molecule has 2 aromatic heterocycles. The number of pyridine rings is 1. The Morgan fingerprint density at radius 1 is 1.48 bits per heavy atom. The monoisotopic (exact) mass is 369 g/mol. The Balaban J connectivity index is 1.78. The minimum atomic E-state index is -0.130. The van der Waals surface area contributed by atoms with E-state index in [0.717, 1.165) is 29.6 Å². The number of rotatable bonds is 7. The lowest BCUT2D eigenvalue weighted by Gasteiger charge is -2.02. The molecule has 0 aromatic carbocycles. The second kappa shape index (κ2) is 8.14. The maximum atomic E-state index is 11.8. The van der Waals surface area contributed by atoms with E-state index in [9.17, 15) is 4.79 Å². The molecule has 2 aromatic rings. The molecule has 0 radical (unpaired) electrons. The zero-order valence-corrected chi connectivity index (χ0v) is 14.0. The number of aryl methyl sites for hydroxylation is 1. The molecule has 0 saturated heterocycles. The summed E-state index contributed by atoms with van der Waals surface area (Å²) in [6.45, 7) is 2.13. The largest absolute Gasteiger partial charge is 0.310 e. The molecule has 0 bridgehead atoms. The van der Waals surface area contributed by atoms with E-state index in [1.165, 1.54) is 11.8 Å². The molecular formula is C13H16BrN5OS. The van der Waals surface area contributed by atoms with Crippen LogP contribution >= 0.6 is 27.7 Å². The van der Waals surface area contributed by atoms with Crippen LogP contribution in [0.25, 0.3) is 0 Å². The van der Waals surface area contributed by atoms with Gasteiger partial charge in [0.2, 0.25) is 11.1 Å². The van der Waals surface area contributed by atoms with Crippen LogP contribution in [0.1, 0.15) is 25.6 Å². The zero-order valence-electron chi connectivity index (χ0n) is 11.6. The molecule has 8 heteroatoms. The third-order valence-corrected chi connectivity index (χ3v) is 3.92. The number of H-pyrrole nitrogens is 1. The number of carbonyl (C=O) groups is 1. The SMILES string of the molecule is CCCCc1nc(SCC(=O)Nc2ccc(Br)cn2)n[nH]1. The summed E-state index contributed by atoms with van der Waals surface area (Å²) >= 11 is 4.60. The maximum Gasteiger partial charge on any atom is 0.236 e. The zero-order chi connectivity index (χ0) is 15.1. The molecule has 21 heavy (non-hydrogen) atoms. The number of thioether (sulfide) groups is 1. The third-order valence-electron chi connectivity index (χ3n) is 2.61. The van der Waals surface area contributed by atoms with E-state index < -0.39 is 0 Å². The summed E-state index contributed by atoms with van der Waals surface area (Å²) in [7, 11) is 0. The molecule has 0 atom stereocenters. The molecule has 0 saturated carbocycles. The molecular weight excluding hydrogens is 354 g/mol. The molecule has 2 N–H and O–H groups in total. The summed E-state index contributed by atoms with van der Waals surface area (Å²) in [5, 5.41) is 10.3. The van der Waals surface area contributed by atoms with Crippen molar-refractivity contribution in [3.63, 3.8) is 0 Å². The van der Waals surface area contributed by atoms with Crippen LogP contribution in [-0.4, -0.2) is 31.8 Å². The Morgan fingerprint density at radius 3 is 3.05 bits per heavy atom. The van der Waals surface area contributed by atoms with Gasteiger partial charge in [-0.1, -0.05) is 25.1 Å². The van der Waals surface area contributed by atoms with Gasteiger partial charge < -0.3 is 5.32 Å². The van der Waals surface area contributed by atoms with E-state index in [4.69, 9.17) is 0 Å². The van der Waals surface area contributed by atoms with Gasteiger partial charge in [0.15, 0.2) is 0 Å². The average Bonchev–Trinajstić information content (AvgIpc) is 2.93. The second-order valence-corrected chi connectivity index (χ2v) is 6.22. The van der Waals surface area contributed by atoms with E-state index in [0.29, 0.717) is 11.0 Å². The molecule has 0 spiro atoms. The molecule has 6 nitrogen and oxygen atoms in total. The van der Waals surface area contributed by atoms with Crippen molar-refractivity contribution in [1.82, 2.24) is 20.2 Å². The summed E-state index contributed by atoms with van der Waals surface area (Å²) in [6, 6.07) is 3.56. The van der Waals surface area contributed by atoms with Crippen molar-refractivity contribution in [2.45, 2.75) is 31.3 Å². The Hall–Kier alpha value is -1.41. The highest BCUT2D eigenvalue weighted by Gasteiger charge is 2.08. The van der Waals surface area contributed by atoms with Gasteiger partial charge in [0, 0.05) is 17.1 Å². The number of halogens is 1. The molecule has 112 valence electrons. The van der Waals surface area contributed by atoms with Gasteiger partial charge in [-0.05, 0) is 34.5 Å². The first-order valence-corrected chi connectivity index (χ1v) is 8.40. The fourth-order valence-corrected chi connectivity index (χ4v) is 2.41. The van der Waals surface area contributed by atoms with E-state index >= 15 is 0 Å². The summed E-state index contributed by atoms with van der Waals surface area (Å²) in [5.41, 5.74) is 0. The highest BCUT2D eigenvalue weighted by molar-refractivity contribution is 9.10. The van der Waals surface area contributed by atoms with E-state index in [1.807, 2.05) is 6.07 Å². The van der Waals surface area contributed by atoms with E-state index in [2.05, 4.69) is 48.3 Å². The molecule has 1 amide bonds. The number of amides is 1. The number of nitrogens with zero attached hydrogens (tertiary/aromatic N) is 3. The van der Waals surface area contributed by atoms with Crippen molar-refractivity contribution in [2.24, 2.45) is 0 Å². The number of unbranched alkanes of at least 4 members (excludes halogenated alkanes) is 1. The predicted molar refractivity (Wildman–Crippen MR) is 86.3 cm³/mol. The molecule has 0 aliphatic carbocycles. The highest BCUT2D eigenvalue weighted by atomic mass is 79.9. The van der Waals surface area contributed by atoms with Crippen molar-refractivity contribution in [2.75, 3.05) is 11.1 Å². The molecule has 0 aliphatic heterocycles. The summed E-state index contributed by atoms with van der Waals surface area (Å²) in [6.07, 6.45) is 4.72. The topological polar surface area (TPSA) is 83.6 Å². The number of hydrogen-bond donors (Lipinski definition) is 2. The number of nitrogens with one attached hydrogen (secondary N) is 2. The third kappa shape index (κ3) is 5.47. The molecule has 2 heterocycles. The van der Waals surface area contributed by atoms with Crippen LogP contribution in [0.3, 0.4) is 0 Å². The molecule has 0 aliphatic rings. The van der Waals surface area contributed by atoms with Crippen LogP contribution < -0.4 is 5.32 Å². The van der Waals surface area contributed by atoms with Crippen LogP contribution in [-0.2, 0) is 11.2 Å². The maximum absolute atomic E-state index is 11.8. The predicted octanol–water partition coefficient (Wildman–Crippen LogP) is 3.04. The Kier molecular flexibility index (Phi) is 6.19. The first-order valence-electron chi connectivity index (χ1n) is 6.63. The molecule has 0 fully saturated rings. The van der Waals surface area contributed by atoms with Gasteiger partial charge in [0.25, 0.3) is 0 Å². The Bertz CT molecular complexity index is 587. The van der Waals surface area contributed by atoms with Crippen molar-refractivity contribution in [3.05, 3.63) is 28.6 Å². The normalized spacial score (nSPS) is 10.6. The number of aromatic nitrogens is 4. The van der Waals surface area contributed by atoms with E-state index in [1.54, 1.807) is 12.3 Å². The first kappa shape index (κ1) is 16.0. The van der Waals surface area contributed by atoms with Gasteiger partial charge in [-0.3, -0.25) is 9.89 Å². The second-order valence-electron chi connectivity index (χ2n) is 4.37. The lowest BCUT2D eigenvalue weighted by molar-refractivity contribution is -0.113. The van der Waals surface area contributed by atoms with Crippen LogP contribution in [0.5, 0.6) is 0 Å². The fraction of sp³-hybridized carbons (Fsp3) is 0.385. The quantitative estimate of drug-likeness (QED) is 0.732. The first-order chi connectivity index (χ1) is 10.2. The van der Waals surface area contributed by atoms with Crippen LogP contribution in [0, 0.1) is 0 Å². The van der Waals surface area contributed by atoms with Gasteiger partial charge in [0.1, 0.15) is 11.6 Å². The van der Waals surface area contributed by atoms with Crippen LogP contribution in [0.15, 0.2) is 28.0 Å². The summed E-state index contributed by atoms with van der Waals surface area (Å²) in [4.78, 5) is 20.2. The van der Waals surface area contributed by atoms with Crippen molar-refractivity contribution >= 4 is 39.4 Å². The van der Waals surface area contributed by atoms with Crippen LogP contribution in [0.4, 0.5) is 5.82 Å². The minimum absolute atomic E-state index is 0.130. The number of anilines is 1. The molecule has 2 rings (SSSR count). The summed E-state index contributed by atoms with van der Waals surface area (Å²) < 4.78 is 0.871. The van der Waals surface area contributed by atoms with Crippen molar-refractivity contribution in [3.8, 4) is 0 Å². The van der Waals surface area contributed by atoms with Gasteiger partial charge in [-0.2, -0.15) is 0 Å². The lowest BCUT2D eigenvalue weighted by Crippen LogP contribution is -2.14. The fourth-order valence-electron chi connectivity index (χ4n) is 1.56. The van der Waals surface area contributed by atoms with Gasteiger partial charge >= 0.3 is 0 Å². The Labute approximate surface area is 135 Å². The number of carbonyl (C=O) groups excluding carboxylic acids is 1. The minimum Gasteiger partial charge on any atom is -0.310 e. The van der Waals surface area contributed by atoms with Crippen molar-refractivity contribution < 1.29 is 4.79 Å². The number of hydrogen-bond acceptors (Lipinski definition) is 5. The average molecular weight is 370 g/mol. The van der Waals surface area contributed by atoms with Gasteiger partial charge in [0.05, 0.1) is 5.75 Å². The van der Waals surface area contributed by atoms with E-state index in [-0.39, 0.29) is 11.7 Å². The van der Waals surface area contributed by atoms with Crippen LogP contribution in [0.2, 0.25) is 0 Å².